The quantitative estimate of drug-likeness (QED) is 0.673. The lowest BCUT2D eigenvalue weighted by molar-refractivity contribution is 0.0991. The fraction of sp³-hybridized carbons (Fsp3) is 0.286. The lowest BCUT2D eigenvalue weighted by Crippen LogP contribution is -2.09. The number of benzene rings is 1. The number of carbonyl (C=O) groups excluding carboxylic acids is 1. The summed E-state index contributed by atoms with van der Waals surface area (Å²) < 4.78 is 1.62. The second-order valence-electron chi connectivity index (χ2n) is 4.64. The van der Waals surface area contributed by atoms with E-state index in [1.54, 1.807) is 11.7 Å². The molecule has 0 atom stereocenters. The summed E-state index contributed by atoms with van der Waals surface area (Å²) in [5.41, 5.74) is 7.77. The first-order valence-electron chi connectivity index (χ1n) is 6.33. The molecule has 0 bridgehead atoms. The van der Waals surface area contributed by atoms with E-state index < -0.39 is 0 Å². The summed E-state index contributed by atoms with van der Waals surface area (Å²) in [4.78, 5) is 12.4. The number of ketones is 1. The number of nitrogen functional groups attached to an aromatic ring is 1. The minimum Gasteiger partial charge on any atom is -0.396 e. The van der Waals surface area contributed by atoms with Crippen LogP contribution in [0.2, 0.25) is 15.1 Å². The lowest BCUT2D eigenvalue weighted by Gasteiger charge is -2.06. The van der Waals surface area contributed by atoms with Gasteiger partial charge in [-0.05, 0) is 18.6 Å². The minimum absolute atomic E-state index is 0.124. The topological polar surface area (TPSA) is 60.9 Å². The third-order valence-electron chi connectivity index (χ3n) is 3.23. The van der Waals surface area contributed by atoms with Gasteiger partial charge in [-0.25, -0.2) is 0 Å². The number of hydrogen-bond donors (Lipinski definition) is 1. The van der Waals surface area contributed by atoms with Crippen LogP contribution in [0.1, 0.15) is 28.7 Å². The van der Waals surface area contributed by atoms with Gasteiger partial charge in [0.05, 0.1) is 38.6 Å². The van der Waals surface area contributed by atoms with Gasteiger partial charge in [-0.15, -0.1) is 0 Å². The van der Waals surface area contributed by atoms with Crippen molar-refractivity contribution in [3.8, 4) is 0 Å². The third-order valence-corrected chi connectivity index (χ3v) is 4.29. The van der Waals surface area contributed by atoms with Gasteiger partial charge in [0.15, 0.2) is 5.78 Å². The summed E-state index contributed by atoms with van der Waals surface area (Å²) in [7, 11) is 1.76. The Kier molecular flexibility index (Phi) is 4.81. The molecule has 0 aliphatic rings. The van der Waals surface area contributed by atoms with Crippen LogP contribution in [0.4, 0.5) is 5.69 Å². The van der Waals surface area contributed by atoms with E-state index in [0.717, 1.165) is 5.69 Å². The fourth-order valence-electron chi connectivity index (χ4n) is 2.01. The van der Waals surface area contributed by atoms with Gasteiger partial charge in [0, 0.05) is 12.6 Å². The number of anilines is 1. The number of carbonyl (C=O) groups is 1. The highest BCUT2D eigenvalue weighted by atomic mass is 35.5. The lowest BCUT2D eigenvalue weighted by atomic mass is 10.1. The van der Waals surface area contributed by atoms with Crippen molar-refractivity contribution in [1.29, 1.82) is 0 Å². The zero-order valence-corrected chi connectivity index (χ0v) is 13.9. The van der Waals surface area contributed by atoms with Gasteiger partial charge in [0.1, 0.15) is 0 Å². The standard InChI is InChI=1S/C14H14Cl3N3O/c1-3-10-13(17)11(20(2)19-10)6-12(21)7-4-8(15)14(18)9(16)5-7/h4-5H,3,6,18H2,1-2H3. The predicted octanol–water partition coefficient (Wildman–Crippen LogP) is 3.95. The Labute approximate surface area is 137 Å². The fourth-order valence-corrected chi connectivity index (χ4v) is 2.86. The molecule has 21 heavy (non-hydrogen) atoms. The van der Waals surface area contributed by atoms with E-state index in [2.05, 4.69) is 5.10 Å². The van der Waals surface area contributed by atoms with Gasteiger partial charge < -0.3 is 5.73 Å². The highest BCUT2D eigenvalue weighted by molar-refractivity contribution is 6.39. The average Bonchev–Trinajstić information content (AvgIpc) is 2.71. The molecule has 2 N–H and O–H groups in total. The summed E-state index contributed by atoms with van der Waals surface area (Å²) in [6, 6.07) is 3.02. The van der Waals surface area contributed by atoms with Crippen molar-refractivity contribution in [3.05, 3.63) is 44.2 Å². The number of hydrogen-bond acceptors (Lipinski definition) is 3. The van der Waals surface area contributed by atoms with E-state index in [-0.39, 0.29) is 27.9 Å². The van der Waals surface area contributed by atoms with Crippen LogP contribution in [0.5, 0.6) is 0 Å². The number of aromatic nitrogens is 2. The molecule has 0 saturated heterocycles. The van der Waals surface area contributed by atoms with Crippen LogP contribution in [-0.2, 0) is 19.9 Å². The first-order chi connectivity index (χ1) is 9.85. The van der Waals surface area contributed by atoms with E-state index in [1.807, 2.05) is 6.92 Å². The summed E-state index contributed by atoms with van der Waals surface area (Å²) in [6.07, 6.45) is 0.833. The number of nitrogens with two attached hydrogens (primary N) is 1. The van der Waals surface area contributed by atoms with Crippen molar-refractivity contribution in [3.63, 3.8) is 0 Å². The normalized spacial score (nSPS) is 10.9. The number of aryl methyl sites for hydroxylation is 2. The Hall–Kier alpha value is -1.23. The van der Waals surface area contributed by atoms with E-state index >= 15 is 0 Å². The van der Waals surface area contributed by atoms with Crippen LogP contribution in [0.25, 0.3) is 0 Å². The van der Waals surface area contributed by atoms with Gasteiger partial charge in [0.2, 0.25) is 0 Å². The molecule has 0 amide bonds. The molecule has 112 valence electrons. The molecule has 0 aliphatic heterocycles. The Bertz CT molecular complexity index is 687. The van der Waals surface area contributed by atoms with E-state index in [1.165, 1.54) is 12.1 Å². The molecule has 0 fully saturated rings. The van der Waals surface area contributed by atoms with Crippen LogP contribution in [0, 0.1) is 0 Å². The Balaban J connectivity index is 2.33. The van der Waals surface area contributed by atoms with Crippen molar-refractivity contribution >= 4 is 46.3 Å². The molecule has 2 rings (SSSR count). The number of nitrogens with zero attached hydrogens (tertiary/aromatic N) is 2. The molecule has 1 heterocycles. The predicted molar refractivity (Wildman–Crippen MR) is 86.5 cm³/mol. The van der Waals surface area contributed by atoms with Gasteiger partial charge in [0.25, 0.3) is 0 Å². The third kappa shape index (κ3) is 3.18. The summed E-state index contributed by atoms with van der Waals surface area (Å²) in [5, 5.41) is 5.33. The first kappa shape index (κ1) is 16.1. The van der Waals surface area contributed by atoms with Crippen molar-refractivity contribution in [2.45, 2.75) is 19.8 Å². The Morgan fingerprint density at radius 1 is 1.29 bits per heavy atom. The largest absolute Gasteiger partial charge is 0.396 e. The Morgan fingerprint density at radius 2 is 1.86 bits per heavy atom. The maximum absolute atomic E-state index is 12.4. The number of halogens is 3. The SMILES string of the molecule is CCc1nn(C)c(CC(=O)c2cc(Cl)c(N)c(Cl)c2)c1Cl. The van der Waals surface area contributed by atoms with Crippen LogP contribution in [-0.4, -0.2) is 15.6 Å². The van der Waals surface area contributed by atoms with Crippen LogP contribution < -0.4 is 5.73 Å². The zero-order chi connectivity index (χ0) is 15.7. The van der Waals surface area contributed by atoms with Crippen molar-refractivity contribution < 1.29 is 4.79 Å². The smallest absolute Gasteiger partial charge is 0.168 e. The minimum atomic E-state index is -0.147. The van der Waals surface area contributed by atoms with Gasteiger partial charge in [-0.1, -0.05) is 41.7 Å². The van der Waals surface area contributed by atoms with Crippen molar-refractivity contribution in [2.75, 3.05) is 5.73 Å². The molecular formula is C14H14Cl3N3O. The summed E-state index contributed by atoms with van der Waals surface area (Å²) in [6.45, 7) is 1.96. The summed E-state index contributed by atoms with van der Waals surface area (Å²) in [5.74, 6) is -0.147. The molecule has 1 aromatic carbocycles. The van der Waals surface area contributed by atoms with Gasteiger partial charge >= 0.3 is 0 Å². The van der Waals surface area contributed by atoms with E-state index in [4.69, 9.17) is 40.5 Å². The number of rotatable bonds is 4. The molecule has 0 spiro atoms. The van der Waals surface area contributed by atoms with E-state index in [0.29, 0.717) is 22.7 Å². The molecule has 0 radical (unpaired) electrons. The van der Waals surface area contributed by atoms with Crippen molar-refractivity contribution in [2.24, 2.45) is 7.05 Å². The second kappa shape index (κ2) is 6.26. The van der Waals surface area contributed by atoms with E-state index in [9.17, 15) is 4.79 Å². The first-order valence-corrected chi connectivity index (χ1v) is 7.46. The van der Waals surface area contributed by atoms with Gasteiger partial charge in [-0.2, -0.15) is 5.10 Å². The van der Waals surface area contributed by atoms with Crippen LogP contribution in [0.3, 0.4) is 0 Å². The Morgan fingerprint density at radius 3 is 2.33 bits per heavy atom. The molecule has 0 aliphatic carbocycles. The number of Topliss-reactive ketones (excluding diaryl/α,β-unsaturated/α-hetero) is 1. The molecule has 2 aromatic rings. The highest BCUT2D eigenvalue weighted by Gasteiger charge is 2.18. The second-order valence-corrected chi connectivity index (χ2v) is 5.83. The molecule has 0 unspecified atom stereocenters. The van der Waals surface area contributed by atoms with Crippen LogP contribution >= 0.6 is 34.8 Å². The zero-order valence-electron chi connectivity index (χ0n) is 11.6. The maximum atomic E-state index is 12.4. The monoisotopic (exact) mass is 345 g/mol. The highest BCUT2D eigenvalue weighted by Crippen LogP contribution is 2.30. The van der Waals surface area contributed by atoms with Crippen LogP contribution in [0.15, 0.2) is 12.1 Å². The maximum Gasteiger partial charge on any atom is 0.168 e. The van der Waals surface area contributed by atoms with Gasteiger partial charge in [-0.3, -0.25) is 9.48 Å². The molecule has 1 aromatic heterocycles. The van der Waals surface area contributed by atoms with Crippen molar-refractivity contribution in [1.82, 2.24) is 9.78 Å². The molecule has 7 heteroatoms. The summed E-state index contributed by atoms with van der Waals surface area (Å²) >= 11 is 18.1. The molecule has 4 nitrogen and oxygen atoms in total. The molecule has 0 saturated carbocycles. The molecular weight excluding hydrogens is 333 g/mol. The average molecular weight is 347 g/mol.